The summed E-state index contributed by atoms with van der Waals surface area (Å²) in [6.45, 7) is 5.39. The minimum atomic E-state index is -0.506. The number of ketones is 1. The van der Waals surface area contributed by atoms with Crippen LogP contribution < -0.4 is 11.5 Å². The van der Waals surface area contributed by atoms with Crippen LogP contribution in [0.4, 0.5) is 5.82 Å². The number of rotatable bonds is 7. The number of nitrogens with two attached hydrogens (primary N) is 2. The van der Waals surface area contributed by atoms with Crippen LogP contribution in [-0.4, -0.2) is 26.9 Å². The summed E-state index contributed by atoms with van der Waals surface area (Å²) < 4.78 is 1.40. The van der Waals surface area contributed by atoms with Crippen molar-refractivity contribution < 1.29 is 9.72 Å². The highest BCUT2D eigenvalue weighted by atomic mass is 16.6. The zero-order valence-corrected chi connectivity index (χ0v) is 15.4. The molecule has 0 saturated carbocycles. The van der Waals surface area contributed by atoms with Gasteiger partial charge in [0.25, 0.3) is 0 Å². The fraction of sp³-hybridized carbons (Fsp3) is 0.278. The molecule has 9 nitrogen and oxygen atoms in total. The summed E-state index contributed by atoms with van der Waals surface area (Å²) in [4.78, 5) is 23.7. The van der Waals surface area contributed by atoms with E-state index in [2.05, 4.69) is 10.2 Å². The van der Waals surface area contributed by atoms with Crippen LogP contribution in [-0.2, 0) is 0 Å². The van der Waals surface area contributed by atoms with Crippen LogP contribution in [0.3, 0.4) is 0 Å². The second-order valence-electron chi connectivity index (χ2n) is 6.13. The number of para-hydroxylation sites is 1. The summed E-state index contributed by atoms with van der Waals surface area (Å²) >= 11 is 0. The van der Waals surface area contributed by atoms with Gasteiger partial charge in [0.05, 0.1) is 5.56 Å². The lowest BCUT2D eigenvalue weighted by Crippen LogP contribution is -2.22. The first kappa shape index (κ1) is 19.8. The zero-order chi connectivity index (χ0) is 20.1. The molecule has 9 heteroatoms. The molecule has 1 aromatic heterocycles. The van der Waals surface area contributed by atoms with Gasteiger partial charge < -0.3 is 21.6 Å². The summed E-state index contributed by atoms with van der Waals surface area (Å²) in [6, 6.07) is 9.71. The molecule has 0 amide bonds. The highest BCUT2D eigenvalue weighted by Crippen LogP contribution is 2.28. The Bertz CT molecular complexity index is 923. The Hall–Kier alpha value is -3.49. The first-order chi connectivity index (χ1) is 12.8. The molecule has 1 aromatic carbocycles. The predicted molar refractivity (Wildman–Crippen MR) is 104 cm³/mol. The second kappa shape index (κ2) is 8.26. The average molecular weight is 370 g/mol. The van der Waals surface area contributed by atoms with Gasteiger partial charge in [-0.3, -0.25) is 4.79 Å². The number of carbonyl (C=O) groups excluding carboxylic acids is 1. The molecule has 1 heterocycles. The number of hydrogen-bond acceptors (Lipinski definition) is 5. The van der Waals surface area contributed by atoms with E-state index in [4.69, 9.17) is 11.5 Å². The molecule has 0 aliphatic heterocycles. The Morgan fingerprint density at radius 2 is 1.85 bits per heavy atom. The highest BCUT2D eigenvalue weighted by molar-refractivity contribution is 6.03. The lowest BCUT2D eigenvalue weighted by molar-refractivity contribution is -0.390. The third-order valence-electron chi connectivity index (χ3n) is 3.90. The van der Waals surface area contributed by atoms with Gasteiger partial charge >= 0.3 is 5.82 Å². The molecule has 0 aliphatic carbocycles. The molecule has 0 unspecified atom stereocenters. The van der Waals surface area contributed by atoms with E-state index in [0.717, 1.165) is 0 Å². The molecular weight excluding hydrogens is 348 g/mol. The SMILES string of the molecule is CCC(=NN=C(N)N)c1ccc([N+](=O)[O-])n1-c1ccccc1C(=O)C(C)C. The van der Waals surface area contributed by atoms with Crippen LogP contribution >= 0.6 is 0 Å². The number of carbonyl (C=O) groups is 1. The topological polar surface area (TPSA) is 142 Å². The minimum Gasteiger partial charge on any atom is -0.369 e. The summed E-state index contributed by atoms with van der Waals surface area (Å²) in [6.07, 6.45) is 0.429. The van der Waals surface area contributed by atoms with Gasteiger partial charge in [-0.1, -0.05) is 32.9 Å². The average Bonchev–Trinajstić information content (AvgIpc) is 3.06. The van der Waals surface area contributed by atoms with Crippen molar-refractivity contribution in [3.05, 3.63) is 57.8 Å². The Balaban J connectivity index is 2.80. The Morgan fingerprint density at radius 3 is 2.41 bits per heavy atom. The lowest BCUT2D eigenvalue weighted by atomic mass is 9.99. The van der Waals surface area contributed by atoms with Gasteiger partial charge in [-0.15, -0.1) is 10.2 Å². The molecule has 0 spiro atoms. The molecule has 4 N–H and O–H groups in total. The van der Waals surface area contributed by atoms with Gasteiger partial charge in [-0.2, -0.15) is 4.57 Å². The number of guanidine groups is 1. The van der Waals surface area contributed by atoms with E-state index in [0.29, 0.717) is 29.1 Å². The minimum absolute atomic E-state index is 0.112. The van der Waals surface area contributed by atoms with Crippen molar-refractivity contribution in [2.24, 2.45) is 27.6 Å². The number of Topliss-reactive ketones (excluding diaryl/α,β-unsaturated/α-hetero) is 1. The quantitative estimate of drug-likeness (QED) is 0.253. The van der Waals surface area contributed by atoms with Crippen LogP contribution in [0, 0.1) is 16.0 Å². The molecule has 0 aliphatic rings. The van der Waals surface area contributed by atoms with E-state index in [1.54, 1.807) is 44.2 Å². The third kappa shape index (κ3) is 4.20. The van der Waals surface area contributed by atoms with Crippen LogP contribution in [0.2, 0.25) is 0 Å². The smallest absolute Gasteiger partial charge is 0.328 e. The molecule has 0 bridgehead atoms. The fourth-order valence-corrected chi connectivity index (χ4v) is 2.66. The third-order valence-corrected chi connectivity index (χ3v) is 3.90. The molecule has 0 radical (unpaired) electrons. The Morgan fingerprint density at radius 1 is 1.19 bits per heavy atom. The number of benzene rings is 1. The molecule has 2 rings (SSSR count). The van der Waals surface area contributed by atoms with Crippen molar-refractivity contribution in [2.75, 3.05) is 0 Å². The van der Waals surface area contributed by atoms with Gasteiger partial charge in [0.2, 0.25) is 5.96 Å². The highest BCUT2D eigenvalue weighted by Gasteiger charge is 2.27. The molecule has 27 heavy (non-hydrogen) atoms. The Kier molecular flexibility index (Phi) is 6.07. The summed E-state index contributed by atoms with van der Waals surface area (Å²) in [5.74, 6) is -0.771. The predicted octanol–water partition coefficient (Wildman–Crippen LogP) is 2.61. The number of hydrogen-bond donors (Lipinski definition) is 2. The van der Waals surface area contributed by atoms with Crippen LogP contribution in [0.25, 0.3) is 5.69 Å². The van der Waals surface area contributed by atoms with Crippen LogP contribution in [0.15, 0.2) is 46.6 Å². The molecule has 142 valence electrons. The van der Waals surface area contributed by atoms with E-state index in [1.807, 2.05) is 6.92 Å². The monoisotopic (exact) mass is 370 g/mol. The van der Waals surface area contributed by atoms with Crippen molar-refractivity contribution in [1.82, 2.24) is 4.57 Å². The van der Waals surface area contributed by atoms with Crippen molar-refractivity contribution in [3.63, 3.8) is 0 Å². The number of nitrogens with zero attached hydrogens (tertiary/aromatic N) is 4. The van der Waals surface area contributed by atoms with Gasteiger partial charge in [0, 0.05) is 12.0 Å². The largest absolute Gasteiger partial charge is 0.369 e. The maximum absolute atomic E-state index is 12.6. The molecule has 2 aromatic rings. The Labute approximate surface area is 156 Å². The van der Waals surface area contributed by atoms with Gasteiger partial charge in [-0.25, -0.2) is 0 Å². The molecule has 0 fully saturated rings. The van der Waals surface area contributed by atoms with E-state index in [9.17, 15) is 14.9 Å². The van der Waals surface area contributed by atoms with Crippen LogP contribution in [0.5, 0.6) is 0 Å². The molecule has 0 atom stereocenters. The van der Waals surface area contributed by atoms with E-state index in [-0.39, 0.29) is 23.5 Å². The van der Waals surface area contributed by atoms with Gasteiger partial charge in [0.1, 0.15) is 11.4 Å². The summed E-state index contributed by atoms with van der Waals surface area (Å²) in [7, 11) is 0. The number of nitro groups is 1. The normalized spacial score (nSPS) is 11.5. The van der Waals surface area contributed by atoms with E-state index < -0.39 is 4.92 Å². The van der Waals surface area contributed by atoms with Crippen molar-refractivity contribution in [3.8, 4) is 5.69 Å². The maximum Gasteiger partial charge on any atom is 0.328 e. The van der Waals surface area contributed by atoms with Crippen molar-refractivity contribution in [1.29, 1.82) is 0 Å². The zero-order valence-electron chi connectivity index (χ0n) is 15.4. The second-order valence-corrected chi connectivity index (χ2v) is 6.13. The maximum atomic E-state index is 12.6. The lowest BCUT2D eigenvalue weighted by Gasteiger charge is -2.12. The fourth-order valence-electron chi connectivity index (χ4n) is 2.66. The van der Waals surface area contributed by atoms with E-state index >= 15 is 0 Å². The first-order valence-electron chi connectivity index (χ1n) is 8.43. The first-order valence-corrected chi connectivity index (χ1v) is 8.43. The van der Waals surface area contributed by atoms with Crippen molar-refractivity contribution >= 4 is 23.3 Å². The molecular formula is C18H22N6O3. The summed E-state index contributed by atoms with van der Waals surface area (Å²) in [5, 5.41) is 19.3. The molecule has 0 saturated heterocycles. The van der Waals surface area contributed by atoms with Crippen LogP contribution in [0.1, 0.15) is 43.2 Å². The van der Waals surface area contributed by atoms with E-state index in [1.165, 1.54) is 10.6 Å². The van der Waals surface area contributed by atoms with Crippen molar-refractivity contribution in [2.45, 2.75) is 27.2 Å². The number of aromatic nitrogens is 1. The standard InChI is InChI=1S/C18H22N6O3/c1-4-13(21-22-18(19)20)15-9-10-16(24(26)27)23(15)14-8-6-5-7-12(14)17(25)11(2)3/h5-11H,4H2,1-3H3,(H4,19,20,22). The summed E-state index contributed by atoms with van der Waals surface area (Å²) in [5.41, 5.74) is 12.4. The van der Waals surface area contributed by atoms with Gasteiger partial charge in [0.15, 0.2) is 11.5 Å². The van der Waals surface area contributed by atoms with Gasteiger partial charge in [-0.05, 0) is 29.5 Å².